The molecular formula is C31H32F2N6O2. The summed E-state index contributed by atoms with van der Waals surface area (Å²) in [5.74, 6) is -0.00215. The van der Waals surface area contributed by atoms with Gasteiger partial charge in [0.15, 0.2) is 17.4 Å². The standard InChI is InChI=1S/C31H32F2N6O2/c1-3-19-6-8-35-16-25(19)23-12-22(20-5-4-7-34-14-20)29(33)30-24(23)13-26(37-30)27-17-38(9-10-39(27)18-40)31-28(41-2)11-21(32)15-36-31/h5-6,8,11-13,15-16,18,27,34,37H,3-4,7,9-10,14,17H2,1-2H3. The second-order valence-corrected chi connectivity index (χ2v) is 10.4. The summed E-state index contributed by atoms with van der Waals surface area (Å²) in [6, 6.07) is 6.75. The number of ether oxygens (including phenoxy) is 1. The average molecular weight is 559 g/mol. The van der Waals surface area contributed by atoms with Crippen LogP contribution in [0, 0.1) is 11.6 Å². The lowest BCUT2D eigenvalue weighted by Crippen LogP contribution is -2.48. The van der Waals surface area contributed by atoms with Crippen LogP contribution in [-0.2, 0) is 11.2 Å². The number of hydrogen-bond acceptors (Lipinski definition) is 6. The van der Waals surface area contributed by atoms with E-state index in [1.807, 2.05) is 29.3 Å². The smallest absolute Gasteiger partial charge is 0.210 e. The van der Waals surface area contributed by atoms with Crippen LogP contribution in [0.25, 0.3) is 27.6 Å². The molecule has 1 amide bonds. The number of fused-ring (bicyclic) bond motifs is 1. The van der Waals surface area contributed by atoms with E-state index in [1.54, 1.807) is 11.1 Å². The first-order chi connectivity index (χ1) is 20.0. The Bertz CT molecular complexity index is 1630. The molecule has 0 radical (unpaired) electrons. The molecule has 2 N–H and O–H groups in total. The molecule has 2 aliphatic rings. The van der Waals surface area contributed by atoms with Gasteiger partial charge in [0, 0.05) is 66.8 Å². The van der Waals surface area contributed by atoms with Crippen molar-refractivity contribution in [2.75, 3.05) is 44.7 Å². The van der Waals surface area contributed by atoms with Gasteiger partial charge in [0.05, 0.1) is 24.9 Å². The van der Waals surface area contributed by atoms with Gasteiger partial charge in [-0.2, -0.15) is 0 Å². The van der Waals surface area contributed by atoms with E-state index < -0.39 is 11.9 Å². The maximum absolute atomic E-state index is 16.3. The molecule has 41 heavy (non-hydrogen) atoms. The molecule has 1 aromatic carbocycles. The van der Waals surface area contributed by atoms with Gasteiger partial charge in [-0.3, -0.25) is 9.78 Å². The third-order valence-corrected chi connectivity index (χ3v) is 8.06. The highest BCUT2D eigenvalue weighted by molar-refractivity contribution is 5.99. The number of aromatic amines is 1. The van der Waals surface area contributed by atoms with Crippen LogP contribution in [0.15, 0.2) is 48.9 Å². The van der Waals surface area contributed by atoms with E-state index in [2.05, 4.69) is 33.3 Å². The van der Waals surface area contributed by atoms with E-state index in [1.165, 1.54) is 13.2 Å². The van der Waals surface area contributed by atoms with Crippen molar-refractivity contribution in [3.05, 3.63) is 77.4 Å². The molecule has 1 unspecified atom stereocenters. The summed E-state index contributed by atoms with van der Waals surface area (Å²) in [6.07, 6.45) is 9.31. The number of nitrogens with one attached hydrogen (secondary N) is 2. The topological polar surface area (TPSA) is 86.4 Å². The number of aryl methyl sites for hydroxylation is 1. The molecule has 1 fully saturated rings. The largest absolute Gasteiger partial charge is 0.493 e. The minimum absolute atomic E-state index is 0.316. The van der Waals surface area contributed by atoms with Gasteiger partial charge in [0.2, 0.25) is 6.41 Å². The highest BCUT2D eigenvalue weighted by Gasteiger charge is 2.32. The second kappa shape index (κ2) is 11.3. The third-order valence-electron chi connectivity index (χ3n) is 8.06. The Kier molecular flexibility index (Phi) is 7.40. The number of carbonyl (C=O) groups excluding carboxylic acids is 1. The molecule has 0 bridgehead atoms. The molecule has 4 aromatic rings. The number of nitrogens with zero attached hydrogens (tertiary/aromatic N) is 4. The van der Waals surface area contributed by atoms with Crippen LogP contribution in [-0.4, -0.2) is 66.1 Å². The SMILES string of the molecule is CCc1ccncc1-c1cc(C2=CCCNC2)c(F)c2[nH]c(C3CN(c4ncc(F)cc4OC)CCN3C=O)cc12. The number of halogens is 2. The van der Waals surface area contributed by atoms with Crippen molar-refractivity contribution >= 4 is 28.7 Å². The van der Waals surface area contributed by atoms with Gasteiger partial charge >= 0.3 is 0 Å². The lowest BCUT2D eigenvalue weighted by Gasteiger charge is -2.40. The minimum Gasteiger partial charge on any atom is -0.493 e. The molecule has 1 atom stereocenters. The molecular weight excluding hydrogens is 526 g/mol. The van der Waals surface area contributed by atoms with Crippen molar-refractivity contribution < 1.29 is 18.3 Å². The van der Waals surface area contributed by atoms with Crippen LogP contribution in [0.3, 0.4) is 0 Å². The Morgan fingerprint density at radius 2 is 2.02 bits per heavy atom. The summed E-state index contributed by atoms with van der Waals surface area (Å²) < 4.78 is 35.5. The van der Waals surface area contributed by atoms with Gasteiger partial charge in [-0.15, -0.1) is 0 Å². The van der Waals surface area contributed by atoms with E-state index in [4.69, 9.17) is 4.74 Å². The minimum atomic E-state index is -0.492. The predicted octanol–water partition coefficient (Wildman–Crippen LogP) is 4.87. The Labute approximate surface area is 237 Å². The average Bonchev–Trinajstić information content (AvgIpc) is 3.47. The summed E-state index contributed by atoms with van der Waals surface area (Å²) in [5.41, 5.74) is 5.53. The monoisotopic (exact) mass is 558 g/mol. The Balaban J connectivity index is 1.49. The number of aromatic nitrogens is 3. The molecule has 10 heteroatoms. The maximum atomic E-state index is 16.3. The maximum Gasteiger partial charge on any atom is 0.210 e. The third kappa shape index (κ3) is 4.93. The molecule has 0 aliphatic carbocycles. The number of benzene rings is 1. The fraction of sp³-hybridized carbons (Fsp3) is 0.323. The number of anilines is 1. The van der Waals surface area contributed by atoms with Crippen molar-refractivity contribution in [3.63, 3.8) is 0 Å². The fourth-order valence-electron chi connectivity index (χ4n) is 5.93. The highest BCUT2D eigenvalue weighted by Crippen LogP contribution is 2.40. The van der Waals surface area contributed by atoms with Crippen LogP contribution >= 0.6 is 0 Å². The van der Waals surface area contributed by atoms with E-state index in [0.29, 0.717) is 54.5 Å². The van der Waals surface area contributed by atoms with E-state index in [-0.39, 0.29) is 5.82 Å². The van der Waals surface area contributed by atoms with E-state index >= 15 is 4.39 Å². The first-order valence-corrected chi connectivity index (χ1v) is 13.9. The van der Waals surface area contributed by atoms with Gasteiger partial charge in [-0.25, -0.2) is 13.8 Å². The van der Waals surface area contributed by atoms with Gasteiger partial charge < -0.3 is 24.8 Å². The molecule has 0 spiro atoms. The Hall–Kier alpha value is -4.31. The number of pyridine rings is 2. The highest BCUT2D eigenvalue weighted by atomic mass is 19.1. The number of hydrogen-bond donors (Lipinski definition) is 2. The van der Waals surface area contributed by atoms with Crippen LogP contribution < -0.4 is 15.0 Å². The van der Waals surface area contributed by atoms with Crippen molar-refractivity contribution in [2.24, 2.45) is 0 Å². The molecule has 212 valence electrons. The number of methoxy groups -OCH3 is 1. The van der Waals surface area contributed by atoms with Crippen molar-refractivity contribution in [1.29, 1.82) is 0 Å². The summed E-state index contributed by atoms with van der Waals surface area (Å²) in [7, 11) is 1.47. The zero-order valence-corrected chi connectivity index (χ0v) is 23.1. The molecule has 1 saturated heterocycles. The van der Waals surface area contributed by atoms with Crippen molar-refractivity contribution in [2.45, 2.75) is 25.8 Å². The van der Waals surface area contributed by atoms with Crippen LogP contribution in [0.1, 0.15) is 36.2 Å². The lowest BCUT2D eigenvalue weighted by atomic mass is 9.92. The van der Waals surface area contributed by atoms with Crippen molar-refractivity contribution in [1.82, 2.24) is 25.2 Å². The predicted molar refractivity (Wildman–Crippen MR) is 155 cm³/mol. The van der Waals surface area contributed by atoms with Crippen LogP contribution in [0.2, 0.25) is 0 Å². The second-order valence-electron chi connectivity index (χ2n) is 10.4. The number of rotatable bonds is 7. The van der Waals surface area contributed by atoms with Crippen LogP contribution in [0.5, 0.6) is 5.75 Å². The van der Waals surface area contributed by atoms with E-state index in [0.717, 1.165) is 59.6 Å². The number of carbonyl (C=O) groups is 1. The number of H-pyrrole nitrogens is 1. The van der Waals surface area contributed by atoms with Gasteiger partial charge in [-0.05, 0) is 54.3 Å². The summed E-state index contributed by atoms with van der Waals surface area (Å²) in [5, 5.41) is 4.08. The molecule has 3 aromatic heterocycles. The Morgan fingerprint density at radius 1 is 1.15 bits per heavy atom. The van der Waals surface area contributed by atoms with Crippen molar-refractivity contribution in [3.8, 4) is 16.9 Å². The van der Waals surface area contributed by atoms with Gasteiger partial charge in [0.1, 0.15) is 5.82 Å². The molecule has 2 aliphatic heterocycles. The molecule has 8 nitrogen and oxygen atoms in total. The number of amides is 1. The summed E-state index contributed by atoms with van der Waals surface area (Å²) in [4.78, 5) is 27.9. The first kappa shape index (κ1) is 26.9. The van der Waals surface area contributed by atoms with Crippen LogP contribution in [0.4, 0.5) is 14.6 Å². The Morgan fingerprint density at radius 3 is 2.78 bits per heavy atom. The number of piperazine rings is 1. The quantitative estimate of drug-likeness (QED) is 0.315. The van der Waals surface area contributed by atoms with Gasteiger partial charge in [0.25, 0.3) is 0 Å². The summed E-state index contributed by atoms with van der Waals surface area (Å²) >= 11 is 0. The zero-order valence-electron chi connectivity index (χ0n) is 23.1. The molecule has 5 heterocycles. The zero-order chi connectivity index (χ0) is 28.5. The lowest BCUT2D eigenvalue weighted by molar-refractivity contribution is -0.120. The fourth-order valence-corrected chi connectivity index (χ4v) is 5.93. The molecule has 6 rings (SSSR count). The van der Waals surface area contributed by atoms with E-state index in [9.17, 15) is 9.18 Å². The normalized spacial score (nSPS) is 17.6. The first-order valence-electron chi connectivity index (χ1n) is 13.9. The molecule has 0 saturated carbocycles. The summed E-state index contributed by atoms with van der Waals surface area (Å²) in [6.45, 7) is 4.81. The van der Waals surface area contributed by atoms with Gasteiger partial charge in [-0.1, -0.05) is 13.0 Å².